The first kappa shape index (κ1) is 8.83. The molecular weight excluding hydrogens is 170 g/mol. The van der Waals surface area contributed by atoms with Crippen LogP contribution in [0.4, 0.5) is 0 Å². The van der Waals surface area contributed by atoms with Crippen molar-refractivity contribution in [2.45, 2.75) is 6.10 Å². The first-order valence-corrected chi connectivity index (χ1v) is 3.75. The van der Waals surface area contributed by atoms with Gasteiger partial charge in [-0.1, -0.05) is 11.6 Å². The Balaban J connectivity index is 3.07. The molecule has 4 heteroatoms. The molecule has 0 aliphatic carbocycles. The summed E-state index contributed by atoms with van der Waals surface area (Å²) >= 11 is 16.0. The summed E-state index contributed by atoms with van der Waals surface area (Å²) in [6.45, 7) is 0. The van der Waals surface area contributed by atoms with Crippen LogP contribution in [0.1, 0.15) is 0 Å². The van der Waals surface area contributed by atoms with E-state index in [4.69, 9.17) is 39.5 Å². The molecule has 0 spiro atoms. The number of rotatable bonds is 4. The van der Waals surface area contributed by atoms with Crippen molar-refractivity contribution in [2.24, 2.45) is 0 Å². The van der Waals surface area contributed by atoms with Crippen molar-refractivity contribution < 1.29 is 4.74 Å². The lowest BCUT2D eigenvalue weighted by molar-refractivity contribution is 0.122. The molecule has 0 fully saturated rings. The van der Waals surface area contributed by atoms with Gasteiger partial charge in [0.25, 0.3) is 0 Å². The highest BCUT2D eigenvalue weighted by molar-refractivity contribution is 6.21. The van der Waals surface area contributed by atoms with E-state index < -0.39 is 0 Å². The van der Waals surface area contributed by atoms with E-state index in [-0.39, 0.29) is 12.2 Å². The normalized spacial score (nSPS) is 10.5. The Kier molecular flexibility index (Phi) is 6.58. The maximum absolute atomic E-state index is 5.38. The molecule has 0 aromatic heterocycles. The van der Waals surface area contributed by atoms with Crippen molar-refractivity contribution in [3.05, 3.63) is 0 Å². The molecular formula is C4H7Cl3O. The molecule has 0 amide bonds. The van der Waals surface area contributed by atoms with E-state index in [1.165, 1.54) is 0 Å². The van der Waals surface area contributed by atoms with Crippen LogP contribution in [-0.2, 0) is 4.74 Å². The van der Waals surface area contributed by atoms with E-state index in [1.807, 2.05) is 0 Å². The highest BCUT2D eigenvalue weighted by Gasteiger charge is 2.02. The van der Waals surface area contributed by atoms with Crippen LogP contribution in [0.3, 0.4) is 0 Å². The zero-order valence-corrected chi connectivity index (χ0v) is 6.51. The van der Waals surface area contributed by atoms with Gasteiger partial charge >= 0.3 is 0 Å². The number of alkyl halides is 3. The molecule has 8 heavy (non-hydrogen) atoms. The molecule has 0 rings (SSSR count). The molecule has 0 atom stereocenters. The van der Waals surface area contributed by atoms with Crippen molar-refractivity contribution in [3.8, 4) is 0 Å². The summed E-state index contributed by atoms with van der Waals surface area (Å²) in [5.41, 5.74) is 0. The summed E-state index contributed by atoms with van der Waals surface area (Å²) in [4.78, 5) is 0. The SMILES string of the molecule is ClCOC(CCl)CCl. The Bertz CT molecular complexity index is 46.5. The van der Waals surface area contributed by atoms with Gasteiger partial charge in [-0.05, 0) is 0 Å². The number of halogens is 3. The largest absolute Gasteiger partial charge is 0.360 e. The molecule has 0 radical (unpaired) electrons. The van der Waals surface area contributed by atoms with Gasteiger partial charge in [0.1, 0.15) is 6.07 Å². The van der Waals surface area contributed by atoms with Gasteiger partial charge in [0.05, 0.1) is 6.10 Å². The zero-order valence-electron chi connectivity index (χ0n) is 4.24. The highest BCUT2D eigenvalue weighted by atomic mass is 35.5. The van der Waals surface area contributed by atoms with Gasteiger partial charge < -0.3 is 4.74 Å². The molecule has 0 aliphatic heterocycles. The Labute approximate surface area is 63.9 Å². The average Bonchev–Trinajstić information content (AvgIpc) is 1.83. The monoisotopic (exact) mass is 176 g/mol. The van der Waals surface area contributed by atoms with Gasteiger partial charge in [-0.3, -0.25) is 0 Å². The molecule has 0 aromatic rings. The van der Waals surface area contributed by atoms with Crippen LogP contribution >= 0.6 is 34.8 Å². The van der Waals surface area contributed by atoms with Gasteiger partial charge in [0.15, 0.2) is 0 Å². The zero-order chi connectivity index (χ0) is 6.41. The molecule has 0 heterocycles. The first-order chi connectivity index (χ1) is 3.85. The Morgan fingerprint density at radius 3 is 1.75 bits per heavy atom. The van der Waals surface area contributed by atoms with Gasteiger partial charge in [0.2, 0.25) is 0 Å². The molecule has 0 aliphatic rings. The van der Waals surface area contributed by atoms with E-state index in [2.05, 4.69) is 0 Å². The van der Waals surface area contributed by atoms with Crippen LogP contribution < -0.4 is 0 Å². The van der Waals surface area contributed by atoms with Crippen LogP contribution in [0.15, 0.2) is 0 Å². The smallest absolute Gasteiger partial charge is 0.121 e. The Morgan fingerprint density at radius 2 is 1.62 bits per heavy atom. The van der Waals surface area contributed by atoms with E-state index >= 15 is 0 Å². The molecule has 0 N–H and O–H groups in total. The summed E-state index contributed by atoms with van der Waals surface area (Å²) in [5, 5.41) is 0. The van der Waals surface area contributed by atoms with Crippen LogP contribution in [-0.4, -0.2) is 23.9 Å². The van der Waals surface area contributed by atoms with Gasteiger partial charge in [-0.2, -0.15) is 0 Å². The minimum absolute atomic E-state index is 0.101. The van der Waals surface area contributed by atoms with Gasteiger partial charge in [-0.15, -0.1) is 23.2 Å². The van der Waals surface area contributed by atoms with E-state index in [9.17, 15) is 0 Å². The summed E-state index contributed by atoms with van der Waals surface area (Å²) in [7, 11) is 0. The van der Waals surface area contributed by atoms with Crippen molar-refractivity contribution in [2.75, 3.05) is 17.8 Å². The second-order valence-electron chi connectivity index (χ2n) is 1.21. The van der Waals surface area contributed by atoms with Crippen molar-refractivity contribution in [1.29, 1.82) is 0 Å². The lowest BCUT2D eigenvalue weighted by Gasteiger charge is -2.06. The highest BCUT2D eigenvalue weighted by Crippen LogP contribution is 1.98. The minimum atomic E-state index is -0.101. The molecule has 0 saturated heterocycles. The molecule has 1 nitrogen and oxygen atoms in total. The van der Waals surface area contributed by atoms with Crippen molar-refractivity contribution in [3.63, 3.8) is 0 Å². The lowest BCUT2D eigenvalue weighted by atomic mass is 10.5. The summed E-state index contributed by atoms with van der Waals surface area (Å²) in [6.07, 6.45) is -0.101. The summed E-state index contributed by atoms with van der Waals surface area (Å²) < 4.78 is 4.84. The quantitative estimate of drug-likeness (QED) is 0.597. The van der Waals surface area contributed by atoms with E-state index in [0.717, 1.165) is 0 Å². The fraction of sp³-hybridized carbons (Fsp3) is 1.00. The molecule has 0 aromatic carbocycles. The fourth-order valence-corrected chi connectivity index (χ4v) is 0.906. The average molecular weight is 177 g/mol. The first-order valence-electron chi connectivity index (χ1n) is 2.14. The van der Waals surface area contributed by atoms with E-state index in [1.54, 1.807) is 0 Å². The Morgan fingerprint density at radius 1 is 1.12 bits per heavy atom. The number of hydrogen-bond donors (Lipinski definition) is 0. The van der Waals surface area contributed by atoms with Crippen LogP contribution in [0, 0.1) is 0 Å². The third-order valence-electron chi connectivity index (χ3n) is 0.643. The predicted octanol–water partition coefficient (Wildman–Crippen LogP) is 2.05. The molecule has 50 valence electrons. The standard InChI is InChI=1S/C4H7Cl3O/c5-1-4(2-6)8-3-7/h4H,1-3H2. The second-order valence-corrected chi connectivity index (χ2v) is 2.04. The summed E-state index contributed by atoms with van der Waals surface area (Å²) in [5.74, 6) is 0.798. The number of ether oxygens (including phenoxy) is 1. The number of hydrogen-bond acceptors (Lipinski definition) is 1. The fourth-order valence-electron chi connectivity index (χ4n) is 0.219. The van der Waals surface area contributed by atoms with Gasteiger partial charge in [-0.25, -0.2) is 0 Å². The molecule has 0 unspecified atom stereocenters. The third kappa shape index (κ3) is 3.79. The van der Waals surface area contributed by atoms with Crippen molar-refractivity contribution in [1.82, 2.24) is 0 Å². The van der Waals surface area contributed by atoms with Crippen molar-refractivity contribution >= 4 is 34.8 Å². The second kappa shape index (κ2) is 5.96. The Hall–Kier alpha value is 0.830. The molecule has 0 saturated carbocycles. The van der Waals surface area contributed by atoms with E-state index in [0.29, 0.717) is 11.8 Å². The van der Waals surface area contributed by atoms with Crippen LogP contribution in [0.2, 0.25) is 0 Å². The third-order valence-corrected chi connectivity index (χ3v) is 1.46. The topological polar surface area (TPSA) is 9.23 Å². The summed E-state index contributed by atoms with van der Waals surface area (Å²) in [6, 6.07) is 0.157. The van der Waals surface area contributed by atoms with Crippen LogP contribution in [0.25, 0.3) is 0 Å². The lowest BCUT2D eigenvalue weighted by Crippen LogP contribution is -2.15. The minimum Gasteiger partial charge on any atom is -0.360 e. The predicted molar refractivity (Wildman–Crippen MR) is 37.0 cm³/mol. The molecule has 0 bridgehead atoms. The van der Waals surface area contributed by atoms with Gasteiger partial charge in [0, 0.05) is 11.8 Å². The maximum atomic E-state index is 5.38. The van der Waals surface area contributed by atoms with Crippen LogP contribution in [0.5, 0.6) is 0 Å². The maximum Gasteiger partial charge on any atom is 0.121 e.